The number of nitrogens with one attached hydrogen (secondary N) is 1. The first-order chi connectivity index (χ1) is 8.61. The monoisotopic (exact) mass is 282 g/mol. The van der Waals surface area contributed by atoms with Crippen LogP contribution in [-0.4, -0.2) is 12.0 Å². The Hall–Kier alpha value is -0.910. The number of benzene rings is 1. The molecule has 2 aromatic rings. The van der Waals surface area contributed by atoms with E-state index in [0.717, 1.165) is 14.9 Å². The minimum Gasteiger partial charge on any atom is -0.313 e. The Morgan fingerprint density at radius 3 is 2.83 bits per heavy atom. The molecule has 0 aliphatic carbocycles. The van der Waals surface area contributed by atoms with Crippen molar-refractivity contribution in [3.8, 4) is 0 Å². The first-order valence-corrected chi connectivity index (χ1v) is 7.37. The molecule has 18 heavy (non-hydrogen) atoms. The lowest BCUT2D eigenvalue weighted by atomic mass is 10.1. The number of nitrogens with zero attached hydrogens (tertiary/aromatic N) is 1. The fourth-order valence-electron chi connectivity index (χ4n) is 1.64. The highest BCUT2D eigenvalue weighted by Gasteiger charge is 2.15. The average Bonchev–Trinajstić information content (AvgIpc) is 2.74. The zero-order chi connectivity index (χ0) is 13.1. The van der Waals surface area contributed by atoms with E-state index in [2.05, 4.69) is 10.3 Å². The van der Waals surface area contributed by atoms with Crippen molar-refractivity contribution in [2.24, 2.45) is 0 Å². The summed E-state index contributed by atoms with van der Waals surface area (Å²) in [6.07, 6.45) is 0. The molecule has 2 rings (SSSR count). The van der Waals surface area contributed by atoms with Crippen LogP contribution in [0.4, 0.5) is 4.39 Å². The molecule has 0 fully saturated rings. The smallest absolute Gasteiger partial charge is 0.154 e. The van der Waals surface area contributed by atoms with E-state index in [-0.39, 0.29) is 11.9 Å². The Morgan fingerprint density at radius 2 is 2.22 bits per heavy atom. The fourth-order valence-corrected chi connectivity index (χ4v) is 3.68. The molecule has 96 valence electrons. The zero-order valence-electron chi connectivity index (χ0n) is 10.5. The number of hydrogen-bond acceptors (Lipinski definition) is 4. The molecule has 1 heterocycles. The quantitative estimate of drug-likeness (QED) is 0.916. The predicted molar refractivity (Wildman–Crippen MR) is 74.8 cm³/mol. The Kier molecular flexibility index (Phi) is 4.37. The third kappa shape index (κ3) is 2.91. The maximum Gasteiger partial charge on any atom is 0.154 e. The molecule has 2 nitrogen and oxygen atoms in total. The highest BCUT2D eigenvalue weighted by Crippen LogP contribution is 2.36. The Morgan fingerprint density at radius 1 is 1.44 bits per heavy atom. The van der Waals surface area contributed by atoms with Gasteiger partial charge < -0.3 is 5.32 Å². The molecule has 1 N–H and O–H groups in total. The highest BCUT2D eigenvalue weighted by atomic mass is 32.2. The van der Waals surface area contributed by atoms with Crippen LogP contribution in [0.5, 0.6) is 0 Å². The Labute approximate surface area is 115 Å². The van der Waals surface area contributed by atoms with Crippen molar-refractivity contribution in [2.45, 2.75) is 29.1 Å². The van der Waals surface area contributed by atoms with Crippen LogP contribution in [0.15, 0.2) is 32.8 Å². The van der Waals surface area contributed by atoms with Gasteiger partial charge in [0, 0.05) is 27.6 Å². The van der Waals surface area contributed by atoms with E-state index in [1.165, 1.54) is 17.8 Å². The molecule has 0 amide bonds. The molecule has 1 aromatic carbocycles. The summed E-state index contributed by atoms with van der Waals surface area (Å²) in [4.78, 5) is 5.32. The van der Waals surface area contributed by atoms with Gasteiger partial charge >= 0.3 is 0 Å². The van der Waals surface area contributed by atoms with Crippen LogP contribution in [0.25, 0.3) is 0 Å². The lowest BCUT2D eigenvalue weighted by Crippen LogP contribution is -2.14. The van der Waals surface area contributed by atoms with Crippen molar-refractivity contribution in [3.05, 3.63) is 40.7 Å². The Bertz CT molecular complexity index is 540. The molecule has 5 heteroatoms. The summed E-state index contributed by atoms with van der Waals surface area (Å²) in [5, 5.41) is 5.09. The topological polar surface area (TPSA) is 24.9 Å². The van der Waals surface area contributed by atoms with Crippen molar-refractivity contribution in [1.29, 1.82) is 0 Å². The average molecular weight is 282 g/mol. The number of halogens is 1. The van der Waals surface area contributed by atoms with Gasteiger partial charge in [-0.3, -0.25) is 0 Å². The predicted octanol–water partition coefficient (Wildman–Crippen LogP) is 4.02. The van der Waals surface area contributed by atoms with Crippen LogP contribution < -0.4 is 5.32 Å². The normalized spacial score (nSPS) is 12.7. The molecule has 0 radical (unpaired) electrons. The number of aromatic nitrogens is 1. The van der Waals surface area contributed by atoms with Crippen molar-refractivity contribution in [1.82, 2.24) is 10.3 Å². The van der Waals surface area contributed by atoms with Gasteiger partial charge in [-0.15, -0.1) is 11.3 Å². The third-order valence-corrected chi connectivity index (χ3v) is 4.81. The second kappa shape index (κ2) is 5.82. The summed E-state index contributed by atoms with van der Waals surface area (Å²) in [5.74, 6) is -0.171. The van der Waals surface area contributed by atoms with Gasteiger partial charge in [0.1, 0.15) is 5.82 Å². The number of hydrogen-bond donors (Lipinski definition) is 1. The molecular weight excluding hydrogens is 267 g/mol. The van der Waals surface area contributed by atoms with Crippen LogP contribution >= 0.6 is 23.1 Å². The SMILES string of the molecule is CNC(C)c1c(F)cccc1Sc1nc(C)cs1. The van der Waals surface area contributed by atoms with E-state index in [1.807, 2.05) is 32.3 Å². The molecule has 0 spiro atoms. The minimum absolute atomic E-state index is 0.0187. The number of rotatable bonds is 4. The lowest BCUT2D eigenvalue weighted by Gasteiger charge is -2.15. The van der Waals surface area contributed by atoms with Crippen molar-refractivity contribution in [3.63, 3.8) is 0 Å². The van der Waals surface area contributed by atoms with Gasteiger partial charge in [0.25, 0.3) is 0 Å². The number of aryl methyl sites for hydroxylation is 1. The van der Waals surface area contributed by atoms with Crippen LogP contribution in [-0.2, 0) is 0 Å². The fraction of sp³-hybridized carbons (Fsp3) is 0.308. The zero-order valence-corrected chi connectivity index (χ0v) is 12.2. The van der Waals surface area contributed by atoms with E-state index in [1.54, 1.807) is 17.4 Å². The van der Waals surface area contributed by atoms with E-state index >= 15 is 0 Å². The first-order valence-electron chi connectivity index (χ1n) is 5.67. The van der Waals surface area contributed by atoms with E-state index < -0.39 is 0 Å². The van der Waals surface area contributed by atoms with Crippen molar-refractivity contribution in [2.75, 3.05) is 7.05 Å². The van der Waals surface area contributed by atoms with Crippen LogP contribution in [0.2, 0.25) is 0 Å². The maximum absolute atomic E-state index is 13.9. The summed E-state index contributed by atoms with van der Waals surface area (Å²) in [5.41, 5.74) is 1.71. The van der Waals surface area contributed by atoms with E-state index in [4.69, 9.17) is 0 Å². The molecule has 0 saturated carbocycles. The maximum atomic E-state index is 13.9. The van der Waals surface area contributed by atoms with Gasteiger partial charge in [-0.25, -0.2) is 9.37 Å². The summed E-state index contributed by atoms with van der Waals surface area (Å²) in [6, 6.07) is 5.16. The summed E-state index contributed by atoms with van der Waals surface area (Å²) in [6.45, 7) is 3.92. The molecule has 0 aliphatic rings. The van der Waals surface area contributed by atoms with Gasteiger partial charge in [-0.05, 0) is 33.0 Å². The lowest BCUT2D eigenvalue weighted by molar-refractivity contribution is 0.552. The minimum atomic E-state index is -0.171. The summed E-state index contributed by atoms with van der Waals surface area (Å²) in [7, 11) is 1.83. The van der Waals surface area contributed by atoms with E-state index in [0.29, 0.717) is 5.56 Å². The van der Waals surface area contributed by atoms with E-state index in [9.17, 15) is 4.39 Å². The molecule has 0 aliphatic heterocycles. The van der Waals surface area contributed by atoms with Gasteiger partial charge in [0.2, 0.25) is 0 Å². The van der Waals surface area contributed by atoms with Crippen molar-refractivity contribution >= 4 is 23.1 Å². The number of thiazole rings is 1. The first kappa shape index (κ1) is 13.5. The largest absolute Gasteiger partial charge is 0.313 e. The molecule has 0 saturated heterocycles. The molecule has 0 bridgehead atoms. The standard InChI is InChI=1S/C13H15FN2S2/c1-8-7-17-13(16-8)18-11-6-4-5-10(14)12(11)9(2)15-3/h4-7,9,15H,1-3H3. The van der Waals surface area contributed by atoms with Gasteiger partial charge in [-0.1, -0.05) is 17.8 Å². The van der Waals surface area contributed by atoms with Crippen molar-refractivity contribution < 1.29 is 4.39 Å². The molecule has 1 unspecified atom stereocenters. The molecule has 1 aromatic heterocycles. The van der Waals surface area contributed by atoms with Gasteiger partial charge in [0.15, 0.2) is 4.34 Å². The third-order valence-electron chi connectivity index (χ3n) is 2.67. The summed E-state index contributed by atoms with van der Waals surface area (Å²) < 4.78 is 14.9. The van der Waals surface area contributed by atoms with Crippen LogP contribution in [0.1, 0.15) is 24.2 Å². The molecular formula is C13H15FN2S2. The van der Waals surface area contributed by atoms with Crippen LogP contribution in [0.3, 0.4) is 0 Å². The summed E-state index contributed by atoms with van der Waals surface area (Å²) >= 11 is 3.11. The second-order valence-corrected chi connectivity index (χ2v) is 6.17. The van der Waals surface area contributed by atoms with Gasteiger partial charge in [-0.2, -0.15) is 0 Å². The molecule has 1 atom stereocenters. The second-order valence-electron chi connectivity index (χ2n) is 4.02. The van der Waals surface area contributed by atoms with Gasteiger partial charge in [0.05, 0.1) is 0 Å². The highest BCUT2D eigenvalue weighted by molar-refractivity contribution is 8.01. The van der Waals surface area contributed by atoms with Crippen LogP contribution in [0, 0.1) is 12.7 Å². The Balaban J connectivity index is 2.35.